The predicted molar refractivity (Wildman–Crippen MR) is 89.9 cm³/mol. The van der Waals surface area contributed by atoms with Gasteiger partial charge in [0.15, 0.2) is 0 Å². The van der Waals surface area contributed by atoms with E-state index in [2.05, 4.69) is 26.8 Å². The smallest absolute Gasteiger partial charge is 0.275 e. The molecule has 3 rings (SSSR count). The van der Waals surface area contributed by atoms with Gasteiger partial charge in [0.1, 0.15) is 5.01 Å². The van der Waals surface area contributed by atoms with Crippen LogP contribution in [0.5, 0.6) is 0 Å². The summed E-state index contributed by atoms with van der Waals surface area (Å²) in [6.45, 7) is 10.0. The first-order valence-electron chi connectivity index (χ1n) is 7.93. The molecule has 0 radical (unpaired) electrons. The van der Waals surface area contributed by atoms with E-state index in [0.29, 0.717) is 24.1 Å². The molecule has 0 amide bonds. The van der Waals surface area contributed by atoms with Crippen molar-refractivity contribution in [1.82, 2.24) is 24.4 Å². The van der Waals surface area contributed by atoms with Crippen LogP contribution in [0.1, 0.15) is 24.5 Å². The summed E-state index contributed by atoms with van der Waals surface area (Å²) in [7, 11) is 0. The molecular weight excluding hydrogens is 314 g/mol. The maximum Gasteiger partial charge on any atom is 0.275 e. The number of piperazine rings is 1. The molecular formula is C15H23N5O2S. The van der Waals surface area contributed by atoms with E-state index < -0.39 is 0 Å². The minimum Gasteiger partial charge on any atom is -0.392 e. The summed E-state index contributed by atoms with van der Waals surface area (Å²) in [6.07, 6.45) is -0.303. The van der Waals surface area contributed by atoms with Gasteiger partial charge in [0.05, 0.1) is 11.8 Å². The van der Waals surface area contributed by atoms with Crippen LogP contribution in [-0.2, 0) is 6.54 Å². The molecule has 0 aromatic carbocycles. The fourth-order valence-corrected chi connectivity index (χ4v) is 3.85. The van der Waals surface area contributed by atoms with Crippen molar-refractivity contribution >= 4 is 16.3 Å². The number of aliphatic hydroxyl groups excluding tert-OH is 1. The SMILES string of the molecule is Cc1nn2c(=O)cc(CN3CCN(CC(C)O)C(C)C3)nc2s1. The van der Waals surface area contributed by atoms with Crippen molar-refractivity contribution in [2.75, 3.05) is 26.2 Å². The molecule has 23 heavy (non-hydrogen) atoms. The summed E-state index contributed by atoms with van der Waals surface area (Å²) in [5.74, 6) is 0. The van der Waals surface area contributed by atoms with Gasteiger partial charge in [-0.3, -0.25) is 14.6 Å². The fraction of sp³-hybridized carbons (Fsp3) is 0.667. The molecule has 2 atom stereocenters. The van der Waals surface area contributed by atoms with Crippen LogP contribution in [0.3, 0.4) is 0 Å². The number of aryl methyl sites for hydroxylation is 1. The zero-order valence-electron chi connectivity index (χ0n) is 13.8. The van der Waals surface area contributed by atoms with Crippen molar-refractivity contribution in [3.8, 4) is 0 Å². The molecule has 1 aliphatic heterocycles. The summed E-state index contributed by atoms with van der Waals surface area (Å²) in [5, 5.41) is 14.6. The normalized spacial score (nSPS) is 21.8. The van der Waals surface area contributed by atoms with Gasteiger partial charge in [0.2, 0.25) is 4.96 Å². The molecule has 8 heteroatoms. The Kier molecular flexibility index (Phi) is 4.77. The maximum absolute atomic E-state index is 12.1. The van der Waals surface area contributed by atoms with E-state index in [1.54, 1.807) is 6.07 Å². The minimum atomic E-state index is -0.303. The molecule has 0 spiro atoms. The molecule has 2 unspecified atom stereocenters. The fourth-order valence-electron chi connectivity index (χ4n) is 3.09. The van der Waals surface area contributed by atoms with Gasteiger partial charge >= 0.3 is 0 Å². The summed E-state index contributed by atoms with van der Waals surface area (Å²) >= 11 is 1.44. The molecule has 126 valence electrons. The lowest BCUT2D eigenvalue weighted by atomic mass is 10.1. The number of β-amino-alcohol motifs (C(OH)–C–C–N with tert-alkyl or cyclic N) is 1. The van der Waals surface area contributed by atoms with Gasteiger partial charge in [-0.25, -0.2) is 4.98 Å². The van der Waals surface area contributed by atoms with Gasteiger partial charge < -0.3 is 5.11 Å². The van der Waals surface area contributed by atoms with Crippen molar-refractivity contribution in [2.24, 2.45) is 0 Å². The molecule has 1 fully saturated rings. The topological polar surface area (TPSA) is 74.0 Å². The Labute approximate surface area is 139 Å². The molecule has 2 aromatic heterocycles. The van der Waals surface area contributed by atoms with Crippen LogP contribution < -0.4 is 5.56 Å². The summed E-state index contributed by atoms with van der Waals surface area (Å²) < 4.78 is 1.37. The van der Waals surface area contributed by atoms with Crippen LogP contribution in [0.15, 0.2) is 10.9 Å². The number of rotatable bonds is 4. The van der Waals surface area contributed by atoms with Gasteiger partial charge in [-0.15, -0.1) is 0 Å². The van der Waals surface area contributed by atoms with Crippen molar-refractivity contribution in [2.45, 2.75) is 39.5 Å². The van der Waals surface area contributed by atoms with E-state index in [1.807, 2.05) is 13.8 Å². The third-order valence-electron chi connectivity index (χ3n) is 4.13. The van der Waals surface area contributed by atoms with Crippen LogP contribution in [0.4, 0.5) is 0 Å². The molecule has 0 bridgehead atoms. The molecule has 7 nitrogen and oxygen atoms in total. The Morgan fingerprint density at radius 1 is 1.48 bits per heavy atom. The number of nitrogens with zero attached hydrogens (tertiary/aromatic N) is 5. The Bertz CT molecular complexity index is 741. The highest BCUT2D eigenvalue weighted by atomic mass is 32.1. The lowest BCUT2D eigenvalue weighted by Crippen LogP contribution is -2.53. The van der Waals surface area contributed by atoms with Gasteiger partial charge in [0.25, 0.3) is 5.56 Å². The first kappa shape index (κ1) is 16.5. The van der Waals surface area contributed by atoms with E-state index in [4.69, 9.17) is 0 Å². The van der Waals surface area contributed by atoms with Crippen molar-refractivity contribution in [3.63, 3.8) is 0 Å². The highest BCUT2D eigenvalue weighted by molar-refractivity contribution is 7.16. The largest absolute Gasteiger partial charge is 0.392 e. The zero-order valence-corrected chi connectivity index (χ0v) is 14.6. The lowest BCUT2D eigenvalue weighted by Gasteiger charge is -2.40. The summed E-state index contributed by atoms with van der Waals surface area (Å²) in [5.41, 5.74) is 0.685. The molecule has 1 aliphatic rings. The second-order valence-electron chi connectivity index (χ2n) is 6.33. The van der Waals surface area contributed by atoms with Crippen LogP contribution >= 0.6 is 11.3 Å². The molecule has 3 heterocycles. The Morgan fingerprint density at radius 3 is 2.96 bits per heavy atom. The van der Waals surface area contributed by atoms with E-state index in [9.17, 15) is 9.90 Å². The van der Waals surface area contributed by atoms with E-state index in [0.717, 1.165) is 30.3 Å². The van der Waals surface area contributed by atoms with Gasteiger partial charge in [-0.05, 0) is 20.8 Å². The van der Waals surface area contributed by atoms with Crippen LogP contribution in [0, 0.1) is 6.92 Å². The third kappa shape index (κ3) is 3.77. The summed E-state index contributed by atoms with van der Waals surface area (Å²) in [4.78, 5) is 21.9. The number of aromatic nitrogens is 3. The third-order valence-corrected chi connectivity index (χ3v) is 4.96. The lowest BCUT2D eigenvalue weighted by molar-refractivity contribution is 0.0418. The minimum absolute atomic E-state index is 0.116. The number of hydrogen-bond donors (Lipinski definition) is 1. The predicted octanol–water partition coefficient (Wildman–Crippen LogP) is 0.346. The number of hydrogen-bond acceptors (Lipinski definition) is 7. The highest BCUT2D eigenvalue weighted by Gasteiger charge is 2.24. The van der Waals surface area contributed by atoms with Crippen molar-refractivity contribution in [3.05, 3.63) is 27.1 Å². The quantitative estimate of drug-likeness (QED) is 0.868. The second-order valence-corrected chi connectivity index (χ2v) is 7.49. The average Bonchev–Trinajstić information content (AvgIpc) is 2.82. The average molecular weight is 337 g/mol. The maximum atomic E-state index is 12.1. The standard InChI is InChI=1S/C15H23N5O2S/c1-10-7-18(4-5-19(10)8-11(2)21)9-13-6-14(22)20-15(16-13)23-12(3)17-20/h6,10-11,21H,4-5,7-9H2,1-3H3. The first-order chi connectivity index (χ1) is 10.9. The van der Waals surface area contributed by atoms with Crippen molar-refractivity contribution < 1.29 is 5.11 Å². The number of fused-ring (bicyclic) bond motifs is 1. The van der Waals surface area contributed by atoms with Gasteiger partial charge in [0, 0.05) is 44.8 Å². The highest BCUT2D eigenvalue weighted by Crippen LogP contribution is 2.14. The molecule has 1 saturated heterocycles. The molecule has 2 aromatic rings. The molecule has 0 aliphatic carbocycles. The Morgan fingerprint density at radius 2 is 2.26 bits per heavy atom. The molecule has 1 N–H and O–H groups in total. The second kappa shape index (κ2) is 6.64. The van der Waals surface area contributed by atoms with Gasteiger partial charge in [-0.2, -0.15) is 9.61 Å². The van der Waals surface area contributed by atoms with E-state index >= 15 is 0 Å². The summed E-state index contributed by atoms with van der Waals surface area (Å²) in [6, 6.07) is 1.97. The number of aliphatic hydroxyl groups is 1. The Hall–Kier alpha value is -1.35. The zero-order chi connectivity index (χ0) is 16.6. The van der Waals surface area contributed by atoms with Gasteiger partial charge in [-0.1, -0.05) is 11.3 Å². The van der Waals surface area contributed by atoms with Crippen LogP contribution in [0.2, 0.25) is 0 Å². The van der Waals surface area contributed by atoms with E-state index in [-0.39, 0.29) is 11.7 Å². The van der Waals surface area contributed by atoms with Crippen LogP contribution in [0.25, 0.3) is 4.96 Å². The monoisotopic (exact) mass is 337 g/mol. The van der Waals surface area contributed by atoms with E-state index in [1.165, 1.54) is 15.9 Å². The van der Waals surface area contributed by atoms with Crippen LogP contribution in [-0.4, -0.2) is 67.8 Å². The van der Waals surface area contributed by atoms with Crippen molar-refractivity contribution in [1.29, 1.82) is 0 Å². The first-order valence-corrected chi connectivity index (χ1v) is 8.75. The molecule has 0 saturated carbocycles. The Balaban J connectivity index is 1.70.